The highest BCUT2D eigenvalue weighted by molar-refractivity contribution is 5.28. The predicted molar refractivity (Wildman–Crippen MR) is 117 cm³/mol. The van der Waals surface area contributed by atoms with Crippen molar-refractivity contribution in [3.8, 4) is 0 Å². The van der Waals surface area contributed by atoms with Gasteiger partial charge in [-0.1, -0.05) is 37.6 Å². The van der Waals surface area contributed by atoms with Crippen LogP contribution >= 0.6 is 0 Å². The number of ether oxygens (including phenoxy) is 1. The van der Waals surface area contributed by atoms with Gasteiger partial charge in [0.25, 0.3) is 0 Å². The van der Waals surface area contributed by atoms with Gasteiger partial charge in [0.05, 0.1) is 12.4 Å². The molecule has 29 heavy (non-hydrogen) atoms. The molecule has 4 aliphatic rings. The molecule has 0 spiro atoms. The molecule has 3 heteroatoms. The molecule has 0 aliphatic heterocycles. The fraction of sp³-hybridized carbons (Fsp3) is 0.731. The molecule has 4 aliphatic carbocycles. The summed E-state index contributed by atoms with van der Waals surface area (Å²) in [6.45, 7) is 11.4. The van der Waals surface area contributed by atoms with E-state index in [1.807, 2.05) is 18.7 Å². The normalized spacial score (nSPS) is 41.4. The van der Waals surface area contributed by atoms with E-state index in [2.05, 4.69) is 36.1 Å². The van der Waals surface area contributed by atoms with Gasteiger partial charge in [-0.05, 0) is 86.4 Å². The van der Waals surface area contributed by atoms with Crippen molar-refractivity contribution in [3.05, 3.63) is 42.5 Å². The molecule has 6 atom stereocenters. The van der Waals surface area contributed by atoms with Crippen LogP contribution in [-0.4, -0.2) is 22.3 Å². The second kappa shape index (κ2) is 7.41. The SMILES string of the molecule is C=C1CCC2C3CCC4=C[C@@H](OCCCn5ccnc5)CC[C@]4(C)C3CC[C@]12C. The van der Waals surface area contributed by atoms with E-state index in [-0.39, 0.29) is 0 Å². The molecule has 0 bridgehead atoms. The first-order chi connectivity index (χ1) is 14.0. The zero-order valence-electron chi connectivity index (χ0n) is 18.4. The maximum absolute atomic E-state index is 6.29. The Morgan fingerprint density at radius 3 is 2.76 bits per heavy atom. The summed E-state index contributed by atoms with van der Waals surface area (Å²) in [5.74, 6) is 2.70. The number of rotatable bonds is 5. The molecule has 1 aromatic heterocycles. The molecule has 5 rings (SSSR count). The van der Waals surface area contributed by atoms with Crippen LogP contribution < -0.4 is 0 Å². The highest BCUT2D eigenvalue weighted by Gasteiger charge is 2.57. The van der Waals surface area contributed by atoms with E-state index in [9.17, 15) is 0 Å². The van der Waals surface area contributed by atoms with Gasteiger partial charge >= 0.3 is 0 Å². The molecule has 3 saturated carbocycles. The fourth-order valence-corrected chi connectivity index (χ4v) is 7.64. The molecule has 1 heterocycles. The van der Waals surface area contributed by atoms with Gasteiger partial charge in [-0.3, -0.25) is 0 Å². The molecule has 0 N–H and O–H groups in total. The van der Waals surface area contributed by atoms with Gasteiger partial charge in [0.2, 0.25) is 0 Å². The van der Waals surface area contributed by atoms with Gasteiger partial charge in [-0.15, -0.1) is 0 Å². The van der Waals surface area contributed by atoms with Crippen molar-refractivity contribution in [2.45, 2.75) is 84.3 Å². The molecular formula is C26H38N2O. The van der Waals surface area contributed by atoms with E-state index in [0.29, 0.717) is 16.9 Å². The number of fused-ring (bicyclic) bond motifs is 5. The summed E-state index contributed by atoms with van der Waals surface area (Å²) < 4.78 is 8.42. The second-order valence-electron chi connectivity index (χ2n) is 10.7. The molecule has 158 valence electrons. The van der Waals surface area contributed by atoms with Gasteiger partial charge < -0.3 is 9.30 Å². The minimum Gasteiger partial charge on any atom is -0.374 e. The number of allylic oxidation sites excluding steroid dienone is 2. The van der Waals surface area contributed by atoms with Crippen LogP contribution in [0.25, 0.3) is 0 Å². The molecule has 1 aromatic rings. The summed E-state index contributed by atoms with van der Waals surface area (Å²) in [5, 5.41) is 0. The van der Waals surface area contributed by atoms with Crippen molar-refractivity contribution in [2.75, 3.05) is 6.61 Å². The number of aromatic nitrogens is 2. The highest BCUT2D eigenvalue weighted by Crippen LogP contribution is 2.66. The number of imidazole rings is 1. The van der Waals surface area contributed by atoms with Crippen molar-refractivity contribution in [2.24, 2.45) is 28.6 Å². The summed E-state index contributed by atoms with van der Waals surface area (Å²) in [5.41, 5.74) is 4.14. The summed E-state index contributed by atoms with van der Waals surface area (Å²) in [4.78, 5) is 4.11. The van der Waals surface area contributed by atoms with Gasteiger partial charge in [-0.25, -0.2) is 4.98 Å². The van der Waals surface area contributed by atoms with Crippen LogP contribution in [0.4, 0.5) is 0 Å². The molecule has 3 nitrogen and oxygen atoms in total. The second-order valence-corrected chi connectivity index (χ2v) is 10.7. The molecule has 0 radical (unpaired) electrons. The van der Waals surface area contributed by atoms with Crippen LogP contribution in [0.2, 0.25) is 0 Å². The lowest BCUT2D eigenvalue weighted by molar-refractivity contribution is -0.0370. The lowest BCUT2D eigenvalue weighted by Crippen LogP contribution is -2.49. The number of nitrogens with zero attached hydrogens (tertiary/aromatic N) is 2. The van der Waals surface area contributed by atoms with Crippen LogP contribution in [0.5, 0.6) is 0 Å². The molecular weight excluding hydrogens is 356 g/mol. The standard InChI is InChI=1S/C26H38N2O/c1-19-5-8-23-22-7-6-20-17-21(29-16-4-14-28-15-13-27-18-28)9-11-26(20,3)24(22)10-12-25(19,23)2/h13,15,17-18,21-24H,1,4-12,14,16H2,2-3H3/t21-,22?,23?,24?,25+,26-/m0/s1. The Hall–Kier alpha value is -1.35. The zero-order valence-corrected chi connectivity index (χ0v) is 18.4. The van der Waals surface area contributed by atoms with Crippen molar-refractivity contribution in [1.29, 1.82) is 0 Å². The molecule has 0 saturated heterocycles. The number of aryl methyl sites for hydroxylation is 1. The van der Waals surface area contributed by atoms with E-state index >= 15 is 0 Å². The van der Waals surface area contributed by atoms with E-state index in [1.54, 1.807) is 11.1 Å². The summed E-state index contributed by atoms with van der Waals surface area (Å²) in [7, 11) is 0. The average molecular weight is 395 g/mol. The van der Waals surface area contributed by atoms with Crippen molar-refractivity contribution in [1.82, 2.24) is 9.55 Å². The van der Waals surface area contributed by atoms with E-state index in [0.717, 1.165) is 37.3 Å². The maximum Gasteiger partial charge on any atom is 0.0945 e. The Morgan fingerprint density at radius 1 is 1.10 bits per heavy atom. The average Bonchev–Trinajstić information content (AvgIpc) is 3.33. The summed E-state index contributed by atoms with van der Waals surface area (Å²) in [6, 6.07) is 0. The van der Waals surface area contributed by atoms with Crippen LogP contribution in [0.3, 0.4) is 0 Å². The van der Waals surface area contributed by atoms with Crippen molar-refractivity contribution in [3.63, 3.8) is 0 Å². The molecule has 3 unspecified atom stereocenters. The monoisotopic (exact) mass is 394 g/mol. The Labute approximate surface area is 176 Å². The highest BCUT2D eigenvalue weighted by atomic mass is 16.5. The quantitative estimate of drug-likeness (QED) is 0.440. The topological polar surface area (TPSA) is 27.1 Å². The van der Waals surface area contributed by atoms with Crippen molar-refractivity contribution < 1.29 is 4.74 Å². The lowest BCUT2D eigenvalue weighted by Gasteiger charge is -2.58. The largest absolute Gasteiger partial charge is 0.374 e. The predicted octanol–water partition coefficient (Wildman–Crippen LogP) is 6.18. The molecule has 3 fully saturated rings. The van der Waals surface area contributed by atoms with Gasteiger partial charge in [0, 0.05) is 25.5 Å². The molecule has 0 amide bonds. The van der Waals surface area contributed by atoms with E-state index < -0.39 is 0 Å². The Kier molecular flexibility index (Phi) is 5.01. The minimum atomic E-state index is 0.331. The Morgan fingerprint density at radius 2 is 1.93 bits per heavy atom. The smallest absolute Gasteiger partial charge is 0.0945 e. The van der Waals surface area contributed by atoms with Crippen LogP contribution in [0.1, 0.15) is 71.6 Å². The zero-order chi connectivity index (χ0) is 20.1. The third-order valence-corrected chi connectivity index (χ3v) is 9.48. The maximum atomic E-state index is 6.29. The minimum absolute atomic E-state index is 0.331. The van der Waals surface area contributed by atoms with Crippen LogP contribution in [0.15, 0.2) is 42.5 Å². The first-order valence-electron chi connectivity index (χ1n) is 12.0. The summed E-state index contributed by atoms with van der Waals surface area (Å²) in [6.07, 6.45) is 20.3. The molecule has 0 aromatic carbocycles. The van der Waals surface area contributed by atoms with Gasteiger partial charge in [-0.2, -0.15) is 0 Å². The van der Waals surface area contributed by atoms with E-state index in [1.165, 1.54) is 51.4 Å². The third-order valence-electron chi connectivity index (χ3n) is 9.48. The van der Waals surface area contributed by atoms with Crippen molar-refractivity contribution >= 4 is 0 Å². The summed E-state index contributed by atoms with van der Waals surface area (Å²) >= 11 is 0. The van der Waals surface area contributed by atoms with Crippen LogP contribution in [0, 0.1) is 28.6 Å². The number of hydrogen-bond donors (Lipinski definition) is 0. The first kappa shape index (κ1) is 19.6. The third kappa shape index (κ3) is 3.24. The lowest BCUT2D eigenvalue weighted by atomic mass is 9.47. The Bertz CT molecular complexity index is 781. The van der Waals surface area contributed by atoms with Gasteiger partial charge in [0.15, 0.2) is 0 Å². The van der Waals surface area contributed by atoms with Gasteiger partial charge in [0.1, 0.15) is 0 Å². The van der Waals surface area contributed by atoms with Crippen LogP contribution in [-0.2, 0) is 11.3 Å². The first-order valence-corrected chi connectivity index (χ1v) is 12.0. The number of hydrogen-bond acceptors (Lipinski definition) is 2. The van der Waals surface area contributed by atoms with E-state index in [4.69, 9.17) is 4.74 Å². The fourth-order valence-electron chi connectivity index (χ4n) is 7.64. The Balaban J connectivity index is 1.23.